The summed E-state index contributed by atoms with van der Waals surface area (Å²) < 4.78 is 0. The van der Waals surface area contributed by atoms with Crippen LogP contribution in [0.2, 0.25) is 0 Å². The Hall–Kier alpha value is -0.630. The molecule has 2 heteroatoms. The van der Waals surface area contributed by atoms with Crippen molar-refractivity contribution in [1.29, 1.82) is 0 Å². The van der Waals surface area contributed by atoms with Crippen LogP contribution >= 0.6 is 0 Å². The summed E-state index contributed by atoms with van der Waals surface area (Å²) in [5.74, 6) is 0. The van der Waals surface area contributed by atoms with Crippen molar-refractivity contribution in [2.24, 2.45) is 5.41 Å². The number of allylic oxidation sites excluding steroid dienone is 1. The molecule has 0 aromatic rings. The molecule has 1 atom stereocenters. The van der Waals surface area contributed by atoms with Gasteiger partial charge in [0, 0.05) is 6.42 Å². The molecule has 1 rings (SSSR count). The first-order valence-corrected chi connectivity index (χ1v) is 4.78. The number of hydrogen-bond donors (Lipinski definition) is 1. The fraction of sp³-hybridized carbons (Fsp3) is 0.727. The Balaban J connectivity index is 2.96. The van der Waals surface area contributed by atoms with Crippen LogP contribution in [0.3, 0.4) is 0 Å². The van der Waals surface area contributed by atoms with Crippen LogP contribution in [0.15, 0.2) is 11.1 Å². The SMILES string of the molecule is CC1=C(CC=O)C(C)(C)CC(O)C1. The minimum absolute atomic E-state index is 0.0112. The molecular formula is C11H18O2. The summed E-state index contributed by atoms with van der Waals surface area (Å²) in [6.07, 6.45) is 2.75. The lowest BCUT2D eigenvalue weighted by Crippen LogP contribution is -2.29. The first kappa shape index (κ1) is 10.5. The molecule has 2 nitrogen and oxygen atoms in total. The monoisotopic (exact) mass is 182 g/mol. The van der Waals surface area contributed by atoms with Crippen LogP contribution in [0.25, 0.3) is 0 Å². The van der Waals surface area contributed by atoms with Gasteiger partial charge in [0.05, 0.1) is 6.10 Å². The molecular weight excluding hydrogens is 164 g/mol. The van der Waals surface area contributed by atoms with Gasteiger partial charge < -0.3 is 9.90 Å². The van der Waals surface area contributed by atoms with Crippen molar-refractivity contribution in [2.45, 2.75) is 46.1 Å². The van der Waals surface area contributed by atoms with E-state index in [1.54, 1.807) is 0 Å². The van der Waals surface area contributed by atoms with Gasteiger partial charge in [0.1, 0.15) is 6.29 Å². The zero-order chi connectivity index (χ0) is 10.1. The van der Waals surface area contributed by atoms with Crippen LogP contribution in [-0.2, 0) is 4.79 Å². The van der Waals surface area contributed by atoms with Gasteiger partial charge in [-0.2, -0.15) is 0 Å². The Bertz CT molecular complexity index is 238. The largest absolute Gasteiger partial charge is 0.393 e. The van der Waals surface area contributed by atoms with Crippen molar-refractivity contribution in [3.63, 3.8) is 0 Å². The molecule has 0 radical (unpaired) electrons. The van der Waals surface area contributed by atoms with Crippen molar-refractivity contribution in [2.75, 3.05) is 0 Å². The lowest BCUT2D eigenvalue weighted by atomic mass is 9.71. The molecule has 13 heavy (non-hydrogen) atoms. The second kappa shape index (κ2) is 3.62. The summed E-state index contributed by atoms with van der Waals surface area (Å²) in [6.45, 7) is 6.21. The maximum atomic E-state index is 10.5. The average molecular weight is 182 g/mol. The highest BCUT2D eigenvalue weighted by molar-refractivity contribution is 5.56. The quantitative estimate of drug-likeness (QED) is 0.524. The third kappa shape index (κ3) is 2.19. The molecule has 1 N–H and O–H groups in total. The third-order valence-corrected chi connectivity index (χ3v) is 2.91. The Labute approximate surface area is 79.6 Å². The molecule has 1 aliphatic rings. The number of aliphatic hydroxyl groups is 1. The molecule has 0 amide bonds. The summed E-state index contributed by atoms with van der Waals surface area (Å²) in [7, 11) is 0. The molecule has 1 unspecified atom stereocenters. The zero-order valence-corrected chi connectivity index (χ0v) is 8.63. The maximum absolute atomic E-state index is 10.5. The number of carbonyl (C=O) groups is 1. The minimum atomic E-state index is -0.231. The number of aliphatic hydroxyl groups excluding tert-OH is 1. The standard InChI is InChI=1S/C11H18O2/c1-8-6-9(13)7-11(2,3)10(8)4-5-12/h5,9,13H,4,6-7H2,1-3H3. The summed E-state index contributed by atoms with van der Waals surface area (Å²) in [5.41, 5.74) is 2.39. The molecule has 0 spiro atoms. The van der Waals surface area contributed by atoms with Crippen molar-refractivity contribution in [1.82, 2.24) is 0 Å². The second-order valence-electron chi connectivity index (χ2n) is 4.58. The van der Waals surface area contributed by atoms with E-state index in [-0.39, 0.29) is 11.5 Å². The van der Waals surface area contributed by atoms with Gasteiger partial charge in [0.2, 0.25) is 0 Å². The maximum Gasteiger partial charge on any atom is 0.124 e. The van der Waals surface area contributed by atoms with Crippen molar-refractivity contribution < 1.29 is 9.90 Å². The van der Waals surface area contributed by atoms with Crippen LogP contribution < -0.4 is 0 Å². The highest BCUT2D eigenvalue weighted by atomic mass is 16.3. The fourth-order valence-corrected chi connectivity index (χ4v) is 2.37. The van der Waals surface area contributed by atoms with Crippen LogP contribution in [0.5, 0.6) is 0 Å². The van der Waals surface area contributed by atoms with Crippen molar-refractivity contribution in [3.05, 3.63) is 11.1 Å². The second-order valence-corrected chi connectivity index (χ2v) is 4.58. The predicted octanol–water partition coefficient (Wildman–Crippen LogP) is 2.07. The highest BCUT2D eigenvalue weighted by Crippen LogP contribution is 2.41. The first-order chi connectivity index (χ1) is 5.97. The van der Waals surface area contributed by atoms with E-state index in [2.05, 4.69) is 13.8 Å². The van der Waals surface area contributed by atoms with E-state index in [4.69, 9.17) is 0 Å². The molecule has 0 bridgehead atoms. The molecule has 0 aromatic carbocycles. The number of hydrogen-bond acceptors (Lipinski definition) is 2. The smallest absolute Gasteiger partial charge is 0.124 e. The summed E-state index contributed by atoms with van der Waals surface area (Å²) in [5, 5.41) is 9.58. The van der Waals surface area contributed by atoms with E-state index in [0.717, 1.165) is 19.1 Å². The Morgan fingerprint density at radius 2 is 2.23 bits per heavy atom. The molecule has 0 fully saturated rings. The van der Waals surface area contributed by atoms with Gasteiger partial charge in [0.25, 0.3) is 0 Å². The Morgan fingerprint density at radius 3 is 2.69 bits per heavy atom. The Morgan fingerprint density at radius 1 is 1.62 bits per heavy atom. The van der Waals surface area contributed by atoms with Crippen LogP contribution in [-0.4, -0.2) is 17.5 Å². The van der Waals surface area contributed by atoms with Crippen molar-refractivity contribution in [3.8, 4) is 0 Å². The van der Waals surface area contributed by atoms with Crippen LogP contribution in [0.1, 0.15) is 40.0 Å². The van der Waals surface area contributed by atoms with E-state index < -0.39 is 0 Å². The predicted molar refractivity (Wildman–Crippen MR) is 52.4 cm³/mol. The molecule has 0 aromatic heterocycles. The minimum Gasteiger partial charge on any atom is -0.393 e. The van der Waals surface area contributed by atoms with Gasteiger partial charge in [0.15, 0.2) is 0 Å². The van der Waals surface area contributed by atoms with Gasteiger partial charge in [-0.05, 0) is 25.2 Å². The van der Waals surface area contributed by atoms with E-state index in [9.17, 15) is 9.90 Å². The zero-order valence-electron chi connectivity index (χ0n) is 8.63. The molecule has 1 aliphatic carbocycles. The molecule has 0 aliphatic heterocycles. The molecule has 0 saturated heterocycles. The molecule has 0 heterocycles. The topological polar surface area (TPSA) is 37.3 Å². The van der Waals surface area contributed by atoms with Gasteiger partial charge in [-0.1, -0.05) is 25.0 Å². The summed E-state index contributed by atoms with van der Waals surface area (Å²) in [6, 6.07) is 0. The number of aldehydes is 1. The number of carbonyl (C=O) groups excluding carboxylic acids is 1. The highest BCUT2D eigenvalue weighted by Gasteiger charge is 2.32. The van der Waals surface area contributed by atoms with E-state index >= 15 is 0 Å². The van der Waals surface area contributed by atoms with Crippen LogP contribution in [0.4, 0.5) is 0 Å². The van der Waals surface area contributed by atoms with Gasteiger partial charge >= 0.3 is 0 Å². The van der Waals surface area contributed by atoms with Crippen molar-refractivity contribution >= 4 is 6.29 Å². The van der Waals surface area contributed by atoms with Gasteiger partial charge in [-0.15, -0.1) is 0 Å². The summed E-state index contributed by atoms with van der Waals surface area (Å²) >= 11 is 0. The average Bonchev–Trinajstić information content (AvgIpc) is 1.95. The fourth-order valence-electron chi connectivity index (χ4n) is 2.37. The van der Waals surface area contributed by atoms with E-state index in [1.165, 1.54) is 11.1 Å². The third-order valence-electron chi connectivity index (χ3n) is 2.91. The lowest BCUT2D eigenvalue weighted by molar-refractivity contribution is -0.107. The normalized spacial score (nSPS) is 27.5. The Kier molecular flexibility index (Phi) is 2.91. The van der Waals surface area contributed by atoms with E-state index in [0.29, 0.717) is 6.42 Å². The lowest BCUT2D eigenvalue weighted by Gasteiger charge is -2.36. The van der Waals surface area contributed by atoms with E-state index in [1.807, 2.05) is 6.92 Å². The molecule has 0 saturated carbocycles. The molecule has 74 valence electrons. The van der Waals surface area contributed by atoms with Crippen LogP contribution in [0, 0.1) is 5.41 Å². The van der Waals surface area contributed by atoms with Gasteiger partial charge in [-0.3, -0.25) is 0 Å². The number of rotatable bonds is 2. The summed E-state index contributed by atoms with van der Waals surface area (Å²) in [4.78, 5) is 10.5. The van der Waals surface area contributed by atoms with Gasteiger partial charge in [-0.25, -0.2) is 0 Å². The first-order valence-electron chi connectivity index (χ1n) is 4.78.